The maximum Gasteiger partial charge on any atom is 0.229 e. The highest BCUT2D eigenvalue weighted by molar-refractivity contribution is 5.95. The van der Waals surface area contributed by atoms with Crippen LogP contribution in [0.1, 0.15) is 23.5 Å². The molecule has 9 heteroatoms. The van der Waals surface area contributed by atoms with Crippen LogP contribution >= 0.6 is 0 Å². The minimum atomic E-state index is -1.08. The molecule has 0 saturated heterocycles. The zero-order chi connectivity index (χ0) is 22.2. The van der Waals surface area contributed by atoms with Gasteiger partial charge >= 0.3 is 0 Å². The van der Waals surface area contributed by atoms with Gasteiger partial charge in [-0.1, -0.05) is 0 Å². The van der Waals surface area contributed by atoms with Crippen molar-refractivity contribution in [3.8, 4) is 5.75 Å². The maximum absolute atomic E-state index is 14.6. The molecule has 31 heavy (non-hydrogen) atoms. The molecule has 0 radical (unpaired) electrons. The lowest BCUT2D eigenvalue weighted by atomic mass is 9.93. The van der Waals surface area contributed by atoms with Gasteiger partial charge in [0, 0.05) is 11.0 Å². The molecule has 0 spiro atoms. The summed E-state index contributed by atoms with van der Waals surface area (Å²) in [4.78, 5) is 25.0. The summed E-state index contributed by atoms with van der Waals surface area (Å²) in [5, 5.41) is 2.59. The van der Waals surface area contributed by atoms with Crippen molar-refractivity contribution in [3.05, 3.63) is 77.3 Å². The van der Waals surface area contributed by atoms with Crippen molar-refractivity contribution < 1.29 is 22.7 Å². The van der Waals surface area contributed by atoms with E-state index in [-0.39, 0.29) is 24.4 Å². The summed E-state index contributed by atoms with van der Waals surface area (Å²) in [7, 11) is 0. The second-order valence-electron chi connectivity index (χ2n) is 7.54. The van der Waals surface area contributed by atoms with Crippen LogP contribution in [0.4, 0.5) is 19.0 Å². The van der Waals surface area contributed by atoms with E-state index < -0.39 is 34.7 Å². The Morgan fingerprint density at radius 2 is 1.90 bits per heavy atom. The number of rotatable bonds is 6. The van der Waals surface area contributed by atoms with Crippen LogP contribution in [0.5, 0.6) is 5.75 Å². The van der Waals surface area contributed by atoms with E-state index in [9.17, 15) is 18.0 Å². The summed E-state index contributed by atoms with van der Waals surface area (Å²) in [5.74, 6) is -1.78. The van der Waals surface area contributed by atoms with E-state index in [1.165, 1.54) is 12.3 Å². The molecule has 1 saturated carbocycles. The number of nitrogens with one attached hydrogen (secondary N) is 1. The molecular formula is C22H19F3N4O2. The van der Waals surface area contributed by atoms with Gasteiger partial charge in [-0.3, -0.25) is 4.79 Å². The minimum Gasteiger partial charge on any atom is -0.489 e. The average Bonchev–Trinajstić information content (AvgIpc) is 3.47. The third kappa shape index (κ3) is 4.21. The van der Waals surface area contributed by atoms with Crippen LogP contribution < -0.4 is 10.1 Å². The zero-order valence-corrected chi connectivity index (χ0v) is 16.8. The topological polar surface area (TPSA) is 77.0 Å². The second-order valence-corrected chi connectivity index (χ2v) is 7.54. The average molecular weight is 428 g/mol. The van der Waals surface area contributed by atoms with E-state index in [1.54, 1.807) is 13.8 Å². The van der Waals surface area contributed by atoms with Crippen LogP contribution in [0.2, 0.25) is 0 Å². The number of benzene rings is 1. The summed E-state index contributed by atoms with van der Waals surface area (Å²) in [6, 6.07) is 5.62. The number of halogens is 3. The predicted octanol–water partition coefficient (Wildman–Crippen LogP) is 3.88. The Morgan fingerprint density at radius 1 is 1.13 bits per heavy atom. The molecule has 2 unspecified atom stereocenters. The van der Waals surface area contributed by atoms with Crippen molar-refractivity contribution in [2.24, 2.45) is 5.92 Å². The molecule has 2 heterocycles. The molecule has 0 aliphatic heterocycles. The van der Waals surface area contributed by atoms with E-state index in [1.807, 2.05) is 0 Å². The summed E-state index contributed by atoms with van der Waals surface area (Å²) in [6.45, 7) is 3.41. The van der Waals surface area contributed by atoms with Gasteiger partial charge in [0.2, 0.25) is 5.91 Å². The number of nitrogens with zero attached hydrogens (tertiary/aromatic N) is 3. The molecular weight excluding hydrogens is 409 g/mol. The Hall–Kier alpha value is -3.49. The monoisotopic (exact) mass is 428 g/mol. The number of pyridine rings is 1. The molecule has 4 rings (SSSR count). The fraction of sp³-hybridized carbons (Fsp3) is 0.273. The van der Waals surface area contributed by atoms with Gasteiger partial charge in [0.25, 0.3) is 0 Å². The van der Waals surface area contributed by atoms with E-state index in [0.717, 1.165) is 30.5 Å². The highest BCUT2D eigenvalue weighted by Crippen LogP contribution is 2.55. The first-order valence-electron chi connectivity index (χ1n) is 9.59. The Kier molecular flexibility index (Phi) is 5.34. The molecule has 6 nitrogen and oxygen atoms in total. The third-order valence-corrected chi connectivity index (χ3v) is 5.38. The largest absolute Gasteiger partial charge is 0.489 e. The van der Waals surface area contributed by atoms with Gasteiger partial charge in [-0.05, 0) is 50.6 Å². The predicted molar refractivity (Wildman–Crippen MR) is 106 cm³/mol. The molecule has 1 amide bonds. The van der Waals surface area contributed by atoms with E-state index in [4.69, 9.17) is 4.74 Å². The summed E-state index contributed by atoms with van der Waals surface area (Å²) < 4.78 is 47.5. The second kappa shape index (κ2) is 7.98. The first-order valence-corrected chi connectivity index (χ1v) is 9.59. The Balaban J connectivity index is 1.60. The molecule has 1 aliphatic rings. The van der Waals surface area contributed by atoms with Crippen molar-refractivity contribution in [1.82, 2.24) is 15.0 Å². The highest BCUT2D eigenvalue weighted by atomic mass is 19.1. The van der Waals surface area contributed by atoms with Gasteiger partial charge in [0.1, 0.15) is 29.1 Å². The van der Waals surface area contributed by atoms with Crippen LogP contribution in [0.25, 0.3) is 0 Å². The van der Waals surface area contributed by atoms with Gasteiger partial charge in [0.15, 0.2) is 5.75 Å². The maximum atomic E-state index is 14.6. The molecule has 160 valence electrons. The highest BCUT2D eigenvalue weighted by Gasteiger charge is 2.61. The number of hydrogen-bond donors (Lipinski definition) is 1. The van der Waals surface area contributed by atoms with Gasteiger partial charge in [-0.2, -0.15) is 0 Å². The Bertz CT molecular complexity index is 1140. The van der Waals surface area contributed by atoms with Gasteiger partial charge in [-0.25, -0.2) is 28.1 Å². The number of aryl methyl sites for hydroxylation is 2. The quantitative estimate of drug-likeness (QED) is 0.645. The number of carbonyl (C=O) groups excluding carboxylic acids is 1. The number of hydrogen-bond acceptors (Lipinski definition) is 5. The Morgan fingerprint density at radius 3 is 2.61 bits per heavy atom. The number of anilines is 1. The summed E-state index contributed by atoms with van der Waals surface area (Å²) in [6.07, 6.45) is 2.73. The lowest BCUT2D eigenvalue weighted by molar-refractivity contribution is -0.117. The molecule has 1 fully saturated rings. The first-order chi connectivity index (χ1) is 14.8. The van der Waals surface area contributed by atoms with Crippen LogP contribution in [0.15, 0.2) is 42.7 Å². The fourth-order valence-electron chi connectivity index (χ4n) is 3.65. The third-order valence-electron chi connectivity index (χ3n) is 5.38. The van der Waals surface area contributed by atoms with Crippen molar-refractivity contribution in [1.29, 1.82) is 0 Å². The van der Waals surface area contributed by atoms with Crippen LogP contribution in [0.3, 0.4) is 0 Å². The van der Waals surface area contributed by atoms with Crippen molar-refractivity contribution >= 4 is 11.7 Å². The Labute approximate surface area is 176 Å². The van der Waals surface area contributed by atoms with Crippen LogP contribution in [-0.2, 0) is 10.2 Å². The van der Waals surface area contributed by atoms with Gasteiger partial charge in [0.05, 0.1) is 30.6 Å². The lowest BCUT2D eigenvalue weighted by Gasteiger charge is -2.20. The smallest absolute Gasteiger partial charge is 0.229 e. The minimum absolute atomic E-state index is 0.0606. The van der Waals surface area contributed by atoms with Gasteiger partial charge in [-0.15, -0.1) is 0 Å². The normalized spacial score (nSPS) is 19.7. The van der Waals surface area contributed by atoms with Crippen molar-refractivity contribution in [3.63, 3.8) is 0 Å². The molecule has 2 aromatic heterocycles. The van der Waals surface area contributed by atoms with Crippen LogP contribution in [-0.4, -0.2) is 27.5 Å². The standard InChI is InChI=1S/C22H19F3N4O2/c1-12-19(10-26-13(2)28-12)31-11-22(16-7-14(23)3-5-18(16)25)8-17(22)21(30)29-20-6-4-15(24)9-27-20/h3-7,9-10,17H,8,11H2,1-2H3,(H,27,29,30). The molecule has 1 aromatic carbocycles. The molecule has 1 aliphatic carbocycles. The summed E-state index contributed by atoms with van der Waals surface area (Å²) in [5.41, 5.74) is -0.418. The lowest BCUT2D eigenvalue weighted by Crippen LogP contribution is -2.28. The number of carbonyl (C=O) groups is 1. The van der Waals surface area contributed by atoms with Crippen molar-refractivity contribution in [2.45, 2.75) is 25.7 Å². The molecule has 0 bridgehead atoms. The number of aromatic nitrogens is 3. The van der Waals surface area contributed by atoms with E-state index in [2.05, 4.69) is 20.3 Å². The molecule has 3 aromatic rings. The first kappa shape index (κ1) is 20.8. The number of amides is 1. The molecule has 2 atom stereocenters. The van der Waals surface area contributed by atoms with Crippen LogP contribution in [0, 0.1) is 37.2 Å². The van der Waals surface area contributed by atoms with E-state index >= 15 is 0 Å². The molecule has 1 N–H and O–H groups in total. The fourth-order valence-corrected chi connectivity index (χ4v) is 3.65. The SMILES string of the molecule is Cc1ncc(OCC2(c3cc(F)ccc3F)CC2C(=O)Nc2ccc(F)cn2)c(C)n1. The summed E-state index contributed by atoms with van der Waals surface area (Å²) >= 11 is 0. The number of ether oxygens (including phenoxy) is 1. The van der Waals surface area contributed by atoms with Crippen molar-refractivity contribution in [2.75, 3.05) is 11.9 Å². The van der Waals surface area contributed by atoms with Gasteiger partial charge < -0.3 is 10.1 Å². The van der Waals surface area contributed by atoms with E-state index in [0.29, 0.717) is 17.3 Å². The zero-order valence-electron chi connectivity index (χ0n) is 16.8.